The summed E-state index contributed by atoms with van der Waals surface area (Å²) in [6, 6.07) is 0.223. The van der Waals surface area contributed by atoms with E-state index in [2.05, 4.69) is 10.4 Å². The van der Waals surface area contributed by atoms with E-state index in [-0.39, 0.29) is 12.6 Å². The van der Waals surface area contributed by atoms with Crippen LogP contribution in [-0.4, -0.2) is 51.3 Å². The molecule has 1 N–H and O–H groups in total. The molecule has 4 heterocycles. The lowest BCUT2D eigenvalue weighted by Gasteiger charge is -2.28. The summed E-state index contributed by atoms with van der Waals surface area (Å²) in [7, 11) is 0. The van der Waals surface area contributed by atoms with Gasteiger partial charge in [-0.3, -0.25) is 0 Å². The fraction of sp³-hybridized carbons (Fsp3) is 0.619. The van der Waals surface area contributed by atoms with E-state index in [0.717, 1.165) is 47.0 Å². The van der Waals surface area contributed by atoms with Crippen LogP contribution in [0.25, 0.3) is 11.0 Å². The molecule has 0 spiro atoms. The maximum absolute atomic E-state index is 13.2. The first-order chi connectivity index (χ1) is 14.8. The van der Waals surface area contributed by atoms with Crippen LogP contribution in [0.1, 0.15) is 44.9 Å². The van der Waals surface area contributed by atoms with Crippen molar-refractivity contribution in [1.82, 2.24) is 19.7 Å². The number of rotatable bonds is 6. The number of allylic oxidation sites excluding steroid dienone is 1. The molecule has 7 nitrogen and oxygen atoms in total. The normalized spacial score (nSPS) is 20.3. The molecule has 1 unspecified atom stereocenters. The highest BCUT2D eigenvalue weighted by Crippen LogP contribution is 2.36. The fourth-order valence-electron chi connectivity index (χ4n) is 4.11. The molecule has 1 saturated heterocycles. The van der Waals surface area contributed by atoms with Crippen LogP contribution in [0.5, 0.6) is 0 Å². The average Bonchev–Trinajstić information content (AvgIpc) is 3.33. The number of nitrogens with one attached hydrogen (secondary N) is 1. The van der Waals surface area contributed by atoms with Crippen molar-refractivity contribution >= 4 is 16.7 Å². The standard InChI is InChI=1S/C21H28F3N5O2/c1-4-17-16(11-28-12-18(21(22,23)24)31-13(28)3)19(26-14-6-8-30-9-7-14)15-10-25-29(5-2)20(15)27-17/h10,12-14H,4-9,11H2,1-3H3,(H,26,27). The van der Waals surface area contributed by atoms with Gasteiger partial charge in [0.15, 0.2) is 11.9 Å². The van der Waals surface area contributed by atoms with Gasteiger partial charge in [0, 0.05) is 43.6 Å². The number of pyridine rings is 1. The maximum atomic E-state index is 13.2. The van der Waals surface area contributed by atoms with E-state index in [1.54, 1.807) is 18.0 Å². The highest BCUT2D eigenvalue weighted by atomic mass is 19.4. The number of aryl methyl sites for hydroxylation is 2. The number of alkyl halides is 3. The van der Waals surface area contributed by atoms with E-state index in [1.807, 2.05) is 18.5 Å². The topological polar surface area (TPSA) is 64.4 Å². The van der Waals surface area contributed by atoms with Crippen molar-refractivity contribution in [2.45, 2.75) is 71.6 Å². The number of aromatic nitrogens is 3. The molecule has 0 radical (unpaired) electrons. The fourth-order valence-corrected chi connectivity index (χ4v) is 4.11. The van der Waals surface area contributed by atoms with Crippen LogP contribution in [0.2, 0.25) is 0 Å². The van der Waals surface area contributed by atoms with Crippen molar-refractivity contribution in [1.29, 1.82) is 0 Å². The molecule has 31 heavy (non-hydrogen) atoms. The number of halogens is 3. The van der Waals surface area contributed by atoms with Crippen molar-refractivity contribution in [3.05, 3.63) is 29.4 Å². The van der Waals surface area contributed by atoms with Crippen molar-refractivity contribution in [3.8, 4) is 0 Å². The third-order valence-electron chi connectivity index (χ3n) is 5.84. The molecule has 2 aliphatic rings. The number of hydrogen-bond donors (Lipinski definition) is 1. The second-order valence-corrected chi connectivity index (χ2v) is 7.87. The molecule has 0 amide bonds. The molecule has 0 bridgehead atoms. The summed E-state index contributed by atoms with van der Waals surface area (Å²) in [6.45, 7) is 7.94. The molecule has 2 aromatic heterocycles. The molecule has 10 heteroatoms. The van der Waals surface area contributed by atoms with E-state index in [4.69, 9.17) is 14.5 Å². The molecule has 0 aromatic carbocycles. The molecule has 1 fully saturated rings. The SMILES string of the molecule is CCc1nc2c(cnn2CC)c(NC2CCOCC2)c1CN1C=C(C(F)(F)F)OC1C. The Kier molecular flexibility index (Phi) is 6.00. The Bertz CT molecular complexity index is 966. The smallest absolute Gasteiger partial charge is 0.450 e. The van der Waals surface area contributed by atoms with Crippen LogP contribution >= 0.6 is 0 Å². The van der Waals surface area contributed by atoms with Gasteiger partial charge in [-0.05, 0) is 33.1 Å². The zero-order valence-corrected chi connectivity index (χ0v) is 18.0. The van der Waals surface area contributed by atoms with Gasteiger partial charge in [-0.15, -0.1) is 0 Å². The summed E-state index contributed by atoms with van der Waals surface area (Å²) >= 11 is 0. The predicted octanol–water partition coefficient (Wildman–Crippen LogP) is 4.19. The molecular weight excluding hydrogens is 411 g/mol. The van der Waals surface area contributed by atoms with Crippen LogP contribution in [0.3, 0.4) is 0 Å². The maximum Gasteiger partial charge on any atom is 0.450 e. The Morgan fingerprint density at radius 2 is 1.97 bits per heavy atom. The lowest BCUT2D eigenvalue weighted by molar-refractivity contribution is -0.137. The number of anilines is 1. The average molecular weight is 439 g/mol. The van der Waals surface area contributed by atoms with E-state index in [0.29, 0.717) is 26.2 Å². The molecule has 2 aliphatic heterocycles. The van der Waals surface area contributed by atoms with Gasteiger partial charge in [0.1, 0.15) is 0 Å². The van der Waals surface area contributed by atoms with Crippen LogP contribution in [0.15, 0.2) is 18.2 Å². The summed E-state index contributed by atoms with van der Waals surface area (Å²) in [5, 5.41) is 9.00. The second-order valence-electron chi connectivity index (χ2n) is 7.87. The van der Waals surface area contributed by atoms with Gasteiger partial charge in [0.25, 0.3) is 0 Å². The lowest BCUT2D eigenvalue weighted by Crippen LogP contribution is -2.30. The third kappa shape index (κ3) is 4.30. The Balaban J connectivity index is 1.77. The van der Waals surface area contributed by atoms with Gasteiger partial charge in [0.2, 0.25) is 5.76 Å². The molecule has 0 saturated carbocycles. The molecule has 170 valence electrons. The largest absolute Gasteiger partial charge is 0.464 e. The van der Waals surface area contributed by atoms with Crippen LogP contribution in [0, 0.1) is 0 Å². The molecule has 4 rings (SSSR count). The van der Waals surface area contributed by atoms with Crippen LogP contribution < -0.4 is 5.32 Å². The Hall–Kier alpha value is -2.49. The molecular formula is C21H28F3N5O2. The van der Waals surface area contributed by atoms with Gasteiger partial charge < -0.3 is 19.7 Å². The van der Waals surface area contributed by atoms with Gasteiger partial charge in [-0.1, -0.05) is 6.92 Å². The summed E-state index contributed by atoms with van der Waals surface area (Å²) < 4.78 is 51.9. The molecule has 0 aliphatic carbocycles. The van der Waals surface area contributed by atoms with E-state index >= 15 is 0 Å². The monoisotopic (exact) mass is 439 g/mol. The van der Waals surface area contributed by atoms with Crippen molar-refractivity contribution in [3.63, 3.8) is 0 Å². The summed E-state index contributed by atoms with van der Waals surface area (Å²) in [4.78, 5) is 6.41. The number of nitrogens with zero attached hydrogens (tertiary/aromatic N) is 4. The quantitative estimate of drug-likeness (QED) is 0.728. The van der Waals surface area contributed by atoms with Crippen molar-refractivity contribution in [2.24, 2.45) is 0 Å². The van der Waals surface area contributed by atoms with Crippen LogP contribution in [-0.2, 0) is 29.0 Å². The number of ether oxygens (including phenoxy) is 2. The molecule has 2 aromatic rings. The minimum absolute atomic E-state index is 0.223. The van der Waals surface area contributed by atoms with E-state index < -0.39 is 18.2 Å². The van der Waals surface area contributed by atoms with Crippen LogP contribution in [0.4, 0.5) is 18.9 Å². The summed E-state index contributed by atoms with van der Waals surface area (Å²) in [5.41, 5.74) is 3.41. The summed E-state index contributed by atoms with van der Waals surface area (Å²) in [5.74, 6) is -0.968. The first kappa shape index (κ1) is 21.7. The zero-order valence-electron chi connectivity index (χ0n) is 18.0. The first-order valence-electron chi connectivity index (χ1n) is 10.7. The first-order valence-corrected chi connectivity index (χ1v) is 10.7. The minimum Gasteiger partial charge on any atom is -0.464 e. The summed E-state index contributed by atoms with van der Waals surface area (Å²) in [6.07, 6.45) is 0.0129. The van der Waals surface area contributed by atoms with E-state index in [1.165, 1.54) is 0 Å². The zero-order chi connectivity index (χ0) is 22.2. The van der Waals surface area contributed by atoms with Gasteiger partial charge in [-0.25, -0.2) is 9.67 Å². The number of fused-ring (bicyclic) bond motifs is 1. The van der Waals surface area contributed by atoms with E-state index in [9.17, 15) is 13.2 Å². The Labute approximate surface area is 179 Å². The highest BCUT2D eigenvalue weighted by molar-refractivity contribution is 5.91. The van der Waals surface area contributed by atoms with Gasteiger partial charge >= 0.3 is 6.18 Å². The minimum atomic E-state index is -4.51. The Morgan fingerprint density at radius 3 is 2.58 bits per heavy atom. The third-order valence-corrected chi connectivity index (χ3v) is 5.84. The van der Waals surface area contributed by atoms with Gasteiger partial charge in [-0.2, -0.15) is 18.3 Å². The second kappa shape index (κ2) is 8.57. The lowest BCUT2D eigenvalue weighted by atomic mass is 10.0. The predicted molar refractivity (Wildman–Crippen MR) is 110 cm³/mol. The van der Waals surface area contributed by atoms with Crippen molar-refractivity contribution in [2.75, 3.05) is 18.5 Å². The van der Waals surface area contributed by atoms with Crippen molar-refractivity contribution < 1.29 is 22.6 Å². The number of hydrogen-bond acceptors (Lipinski definition) is 6. The molecule has 1 atom stereocenters. The Morgan fingerprint density at radius 1 is 1.23 bits per heavy atom. The highest BCUT2D eigenvalue weighted by Gasteiger charge is 2.42. The van der Waals surface area contributed by atoms with Gasteiger partial charge in [0.05, 0.1) is 23.5 Å².